The van der Waals surface area contributed by atoms with E-state index in [0.717, 1.165) is 25.5 Å². The molecule has 0 aliphatic rings. The van der Waals surface area contributed by atoms with E-state index in [9.17, 15) is 18.0 Å². The van der Waals surface area contributed by atoms with E-state index < -0.39 is 28.5 Å². The van der Waals surface area contributed by atoms with Gasteiger partial charge in [0.2, 0.25) is 11.8 Å². The molecule has 8 nitrogen and oxygen atoms in total. The number of carbonyl (C=O) groups is 2. The summed E-state index contributed by atoms with van der Waals surface area (Å²) in [5.74, 6) is -0.0815. The molecule has 1 atom stereocenters. The Morgan fingerprint density at radius 2 is 1.48 bits per heavy atom. The van der Waals surface area contributed by atoms with Crippen molar-refractivity contribution in [1.29, 1.82) is 0 Å². The van der Waals surface area contributed by atoms with Crippen molar-refractivity contribution < 1.29 is 22.7 Å². The normalized spacial score (nSPS) is 12.0. The maximum Gasteiger partial charge on any atom is 0.264 e. The van der Waals surface area contributed by atoms with Crippen LogP contribution < -0.4 is 14.4 Å². The first kappa shape index (κ1) is 34.7. The van der Waals surface area contributed by atoms with Crippen molar-refractivity contribution in [1.82, 2.24) is 10.2 Å². The Balaban J connectivity index is 1.79. The van der Waals surface area contributed by atoms with Crippen LogP contribution >= 0.6 is 15.9 Å². The third-order valence-corrected chi connectivity index (χ3v) is 9.79. The lowest BCUT2D eigenvalue weighted by Gasteiger charge is -2.34. The molecule has 10 heteroatoms. The smallest absolute Gasteiger partial charge is 0.264 e. The summed E-state index contributed by atoms with van der Waals surface area (Å²) in [6.45, 7) is 5.88. The monoisotopic (exact) mass is 705 g/mol. The lowest BCUT2D eigenvalue weighted by molar-refractivity contribution is -0.140. The number of ether oxygens (including phenoxy) is 1. The summed E-state index contributed by atoms with van der Waals surface area (Å²) in [7, 11) is -2.66. The number of halogens is 1. The van der Waals surface area contributed by atoms with Gasteiger partial charge in [0.15, 0.2) is 0 Å². The SMILES string of the molecule is COc1ccc(N(CC(=O)N(Cc2ccc(Br)cc2)[C@H](Cc2ccccc2)C(=O)NCC(C)C)S(=O)(=O)c2ccc(C)cc2)cc1. The second-order valence-electron chi connectivity index (χ2n) is 11.5. The van der Waals surface area contributed by atoms with Crippen molar-refractivity contribution in [3.8, 4) is 5.75 Å². The molecule has 0 bridgehead atoms. The van der Waals surface area contributed by atoms with Crippen LogP contribution in [0.5, 0.6) is 5.75 Å². The minimum Gasteiger partial charge on any atom is -0.497 e. The van der Waals surface area contributed by atoms with E-state index in [1.54, 1.807) is 36.4 Å². The molecule has 0 fully saturated rings. The Kier molecular flexibility index (Phi) is 12.0. The summed E-state index contributed by atoms with van der Waals surface area (Å²) in [5, 5.41) is 3.01. The molecule has 4 aromatic carbocycles. The first-order valence-electron chi connectivity index (χ1n) is 15.1. The topological polar surface area (TPSA) is 96.0 Å². The highest BCUT2D eigenvalue weighted by atomic mass is 79.9. The maximum atomic E-state index is 14.5. The molecular formula is C36H40BrN3O5S. The third kappa shape index (κ3) is 9.20. The lowest BCUT2D eigenvalue weighted by Crippen LogP contribution is -2.53. The van der Waals surface area contributed by atoms with Gasteiger partial charge in [-0.25, -0.2) is 8.42 Å². The van der Waals surface area contributed by atoms with Gasteiger partial charge < -0.3 is 15.0 Å². The van der Waals surface area contributed by atoms with Crippen LogP contribution in [0.3, 0.4) is 0 Å². The van der Waals surface area contributed by atoms with E-state index in [-0.39, 0.29) is 29.7 Å². The molecule has 4 rings (SSSR count). The molecular weight excluding hydrogens is 666 g/mol. The van der Waals surface area contributed by atoms with Gasteiger partial charge in [0.05, 0.1) is 17.7 Å². The highest BCUT2D eigenvalue weighted by Gasteiger charge is 2.34. The lowest BCUT2D eigenvalue weighted by atomic mass is 10.0. The molecule has 0 aromatic heterocycles. The molecule has 0 radical (unpaired) electrons. The fourth-order valence-electron chi connectivity index (χ4n) is 4.88. The Morgan fingerprint density at radius 1 is 0.848 bits per heavy atom. The van der Waals surface area contributed by atoms with Crippen molar-refractivity contribution in [2.75, 3.05) is 24.5 Å². The number of amides is 2. The summed E-state index contributed by atoms with van der Waals surface area (Å²) < 4.78 is 35.6. The number of nitrogens with one attached hydrogen (secondary N) is 1. The maximum absolute atomic E-state index is 14.5. The fourth-order valence-corrected chi connectivity index (χ4v) is 6.56. The molecule has 0 saturated heterocycles. The van der Waals surface area contributed by atoms with Crippen molar-refractivity contribution >= 4 is 43.5 Å². The molecule has 1 N–H and O–H groups in total. The van der Waals surface area contributed by atoms with Crippen LogP contribution in [0.4, 0.5) is 5.69 Å². The predicted octanol–water partition coefficient (Wildman–Crippen LogP) is 6.37. The van der Waals surface area contributed by atoms with E-state index in [0.29, 0.717) is 18.0 Å². The van der Waals surface area contributed by atoms with E-state index >= 15 is 0 Å². The first-order valence-corrected chi connectivity index (χ1v) is 17.3. The average molecular weight is 707 g/mol. The first-order chi connectivity index (χ1) is 22.0. The number of sulfonamides is 1. The third-order valence-electron chi connectivity index (χ3n) is 7.47. The summed E-state index contributed by atoms with van der Waals surface area (Å²) in [6, 6.07) is 29.1. The van der Waals surface area contributed by atoms with Crippen LogP contribution in [0, 0.1) is 12.8 Å². The zero-order valence-electron chi connectivity index (χ0n) is 26.5. The van der Waals surface area contributed by atoms with Gasteiger partial charge in [-0.15, -0.1) is 0 Å². The molecule has 0 saturated carbocycles. The number of rotatable bonds is 14. The Morgan fingerprint density at radius 3 is 2.07 bits per heavy atom. The van der Waals surface area contributed by atoms with Gasteiger partial charge >= 0.3 is 0 Å². The van der Waals surface area contributed by atoms with Gasteiger partial charge in [-0.2, -0.15) is 0 Å². The number of carbonyl (C=O) groups excluding carboxylic acids is 2. The Hall–Kier alpha value is -4.15. The minimum absolute atomic E-state index is 0.0525. The van der Waals surface area contributed by atoms with Crippen LogP contribution in [-0.4, -0.2) is 51.4 Å². The molecule has 0 aliphatic carbocycles. The highest BCUT2D eigenvalue weighted by Crippen LogP contribution is 2.27. The molecule has 0 spiro atoms. The number of anilines is 1. The van der Waals surface area contributed by atoms with Crippen molar-refractivity contribution in [2.24, 2.45) is 5.92 Å². The van der Waals surface area contributed by atoms with Crippen molar-refractivity contribution in [3.63, 3.8) is 0 Å². The van der Waals surface area contributed by atoms with Gasteiger partial charge in [-0.1, -0.05) is 89.9 Å². The van der Waals surface area contributed by atoms with Gasteiger partial charge in [-0.05, 0) is 72.5 Å². The molecule has 0 aliphatic heterocycles. The van der Waals surface area contributed by atoms with Gasteiger partial charge in [0.1, 0.15) is 18.3 Å². The number of aryl methyl sites for hydroxylation is 1. The summed E-state index contributed by atoms with van der Waals surface area (Å²) in [5.41, 5.74) is 2.87. The number of benzene rings is 4. The van der Waals surface area contributed by atoms with Gasteiger partial charge in [0.25, 0.3) is 10.0 Å². The number of hydrogen-bond acceptors (Lipinski definition) is 5. The Labute approximate surface area is 280 Å². The van der Waals surface area contributed by atoms with Crippen LogP contribution in [-0.2, 0) is 32.6 Å². The number of methoxy groups -OCH3 is 1. The second-order valence-corrected chi connectivity index (χ2v) is 14.3. The fraction of sp³-hybridized carbons (Fsp3) is 0.278. The van der Waals surface area contributed by atoms with E-state index in [1.165, 1.54) is 24.1 Å². The molecule has 2 amide bonds. The Bertz CT molecular complexity index is 1700. The van der Waals surface area contributed by atoms with E-state index in [4.69, 9.17) is 4.74 Å². The van der Waals surface area contributed by atoms with Crippen LogP contribution in [0.25, 0.3) is 0 Å². The van der Waals surface area contributed by atoms with E-state index in [1.807, 2.05) is 75.4 Å². The zero-order valence-corrected chi connectivity index (χ0v) is 28.9. The summed E-state index contributed by atoms with van der Waals surface area (Å²) in [6.07, 6.45) is 0.250. The molecule has 242 valence electrons. The van der Waals surface area contributed by atoms with Gasteiger partial charge in [0, 0.05) is 24.0 Å². The summed E-state index contributed by atoms with van der Waals surface area (Å²) >= 11 is 3.46. The summed E-state index contributed by atoms with van der Waals surface area (Å²) in [4.78, 5) is 29.9. The van der Waals surface area contributed by atoms with E-state index in [2.05, 4.69) is 21.2 Å². The predicted molar refractivity (Wildman–Crippen MR) is 185 cm³/mol. The van der Waals surface area contributed by atoms with Crippen molar-refractivity contribution in [2.45, 2.75) is 44.7 Å². The average Bonchev–Trinajstić information content (AvgIpc) is 3.05. The van der Waals surface area contributed by atoms with Crippen LogP contribution in [0.1, 0.15) is 30.5 Å². The standard InChI is InChI=1S/C36H40BrN3O5S/c1-26(2)23-38-36(42)34(22-28-8-6-5-7-9-28)39(24-29-12-14-30(37)15-13-29)35(41)25-40(31-16-18-32(45-4)19-17-31)46(43,44)33-20-10-27(3)11-21-33/h5-21,26,34H,22-25H2,1-4H3,(H,38,42)/t34-/m1/s1. The van der Waals surface area contributed by atoms with Crippen LogP contribution in [0.15, 0.2) is 112 Å². The number of nitrogens with zero attached hydrogens (tertiary/aromatic N) is 2. The molecule has 0 heterocycles. The second kappa shape index (κ2) is 15.9. The molecule has 4 aromatic rings. The van der Waals surface area contributed by atoms with Crippen molar-refractivity contribution in [3.05, 3.63) is 124 Å². The molecule has 46 heavy (non-hydrogen) atoms. The zero-order chi connectivity index (χ0) is 33.3. The minimum atomic E-state index is -4.19. The highest BCUT2D eigenvalue weighted by molar-refractivity contribution is 9.10. The largest absolute Gasteiger partial charge is 0.497 e. The quantitative estimate of drug-likeness (QED) is 0.164. The van der Waals surface area contributed by atoms with Crippen LogP contribution in [0.2, 0.25) is 0 Å². The number of hydrogen-bond donors (Lipinski definition) is 1. The van der Waals surface area contributed by atoms with Gasteiger partial charge in [-0.3, -0.25) is 13.9 Å². The molecule has 0 unspecified atom stereocenters.